The van der Waals surface area contributed by atoms with Crippen molar-refractivity contribution in [3.05, 3.63) is 101 Å². The summed E-state index contributed by atoms with van der Waals surface area (Å²) in [6.07, 6.45) is 3.46. The molecule has 3 aromatic heterocycles. The summed E-state index contributed by atoms with van der Waals surface area (Å²) in [7, 11) is 0. The number of primary amides is 1. The number of halogens is 4. The molecule has 83 heavy (non-hydrogen) atoms. The van der Waals surface area contributed by atoms with E-state index >= 15 is 4.39 Å². The van der Waals surface area contributed by atoms with E-state index in [-0.39, 0.29) is 81.0 Å². The normalized spacial score (nSPS) is 17.7. The number of hydrogen-bond donors (Lipinski definition) is 5. The van der Waals surface area contributed by atoms with Gasteiger partial charge in [0.05, 0.1) is 47.2 Å². The number of carbonyl (C=O) groups is 6. The Morgan fingerprint density at radius 1 is 0.843 bits per heavy atom. The zero-order chi connectivity index (χ0) is 59.8. The van der Waals surface area contributed by atoms with Crippen molar-refractivity contribution < 1.29 is 60.9 Å². The zero-order valence-corrected chi connectivity index (χ0v) is 48.0. The molecular formula is C59H74F4N10O9S. The van der Waals surface area contributed by atoms with Gasteiger partial charge < -0.3 is 50.6 Å². The fourth-order valence-electron chi connectivity index (χ4n) is 10.0. The van der Waals surface area contributed by atoms with Gasteiger partial charge in [-0.2, -0.15) is 0 Å². The number of rotatable bonds is 27. The van der Waals surface area contributed by atoms with Crippen molar-refractivity contribution in [2.45, 2.75) is 161 Å². The molecular weight excluding hydrogens is 1100 g/mol. The summed E-state index contributed by atoms with van der Waals surface area (Å²) in [6.45, 7) is 8.73. The predicted molar refractivity (Wildman–Crippen MR) is 302 cm³/mol. The Balaban J connectivity index is 0.736. The van der Waals surface area contributed by atoms with Gasteiger partial charge in [0, 0.05) is 76.4 Å². The molecule has 6 amide bonds. The second-order valence-electron chi connectivity index (χ2n) is 22.2. The molecule has 0 saturated carbocycles. The number of carbonyl (C=O) groups excluding carboxylic acids is 6. The van der Waals surface area contributed by atoms with Crippen LogP contribution in [0.5, 0.6) is 11.6 Å². The molecule has 2 saturated heterocycles. The van der Waals surface area contributed by atoms with Gasteiger partial charge in [0.1, 0.15) is 29.5 Å². The summed E-state index contributed by atoms with van der Waals surface area (Å²) in [5, 5.41) is 19.4. The first-order chi connectivity index (χ1) is 39.5. The Bertz CT molecular complexity index is 3010. The third kappa shape index (κ3) is 18.8. The van der Waals surface area contributed by atoms with Gasteiger partial charge in [-0.3, -0.25) is 28.8 Å². The minimum Gasteiger partial charge on any atom is -0.471 e. The Hall–Kier alpha value is -7.47. The maximum atomic E-state index is 15.4. The number of alkyl halides is 4. The third-order valence-corrected chi connectivity index (χ3v) is 15.6. The molecule has 0 aliphatic carbocycles. The standard InChI is InChI=1S/C59H74F4N10O9S/c1-37-52(83-36-69-37)40-19-15-39(16-20-40)30-66-55(79)47-29-42(74)32-73(47)57(80)53(58(2,3)4)70-50(76)14-10-8-6-5-7-9-13-49(75)65-24-11-12-25-71-34-46(68-35-71)41-28-44(54(64)78)56(67-31-41)81-48-23-26-72(33-45(48)60)51(77)27-38-17-21-43(22-18-38)82-59(61,62)63/h15-22,28,31,34-36,42,45,47-48,53,74H,5-14,23-27,29-30,32-33H2,1-4H3,(H2,64,78)(H,65,75)(H,66,79)(H,70,76)/t42-,45-,47+,48-,53-/m1/s1. The van der Waals surface area contributed by atoms with Crippen LogP contribution in [0.15, 0.2) is 78.8 Å². The molecule has 5 atom stereocenters. The summed E-state index contributed by atoms with van der Waals surface area (Å²) in [5.41, 5.74) is 11.0. The van der Waals surface area contributed by atoms with Crippen LogP contribution in [0.2, 0.25) is 0 Å². The van der Waals surface area contributed by atoms with Crippen LogP contribution in [0.3, 0.4) is 0 Å². The highest BCUT2D eigenvalue weighted by molar-refractivity contribution is 7.13. The smallest absolute Gasteiger partial charge is 0.471 e. The van der Waals surface area contributed by atoms with Gasteiger partial charge in [-0.25, -0.2) is 19.3 Å². The summed E-state index contributed by atoms with van der Waals surface area (Å²) in [6, 6.07) is 12.4. The molecule has 19 nitrogen and oxygen atoms in total. The molecule has 0 bridgehead atoms. The minimum atomic E-state index is -4.85. The van der Waals surface area contributed by atoms with E-state index in [0.717, 1.165) is 78.8 Å². The lowest BCUT2D eigenvalue weighted by Crippen LogP contribution is -2.57. The first-order valence-electron chi connectivity index (χ1n) is 28.1. The van der Waals surface area contributed by atoms with Gasteiger partial charge >= 0.3 is 6.36 Å². The molecule has 7 rings (SSSR count). The number of nitrogens with one attached hydrogen (secondary N) is 3. The Morgan fingerprint density at radius 2 is 1.53 bits per heavy atom. The number of imidazole rings is 1. The van der Waals surface area contributed by atoms with Crippen molar-refractivity contribution in [2.24, 2.45) is 11.1 Å². The number of β-amino-alcohol motifs (C(OH)–C–C–N with tert-alkyl or cyclic N) is 1. The third-order valence-electron chi connectivity index (χ3n) is 14.6. The fourth-order valence-corrected chi connectivity index (χ4v) is 10.8. The number of nitrogens with two attached hydrogens (primary N) is 1. The van der Waals surface area contributed by atoms with Crippen molar-refractivity contribution in [1.82, 2.24) is 45.3 Å². The van der Waals surface area contributed by atoms with Crippen LogP contribution >= 0.6 is 11.3 Å². The van der Waals surface area contributed by atoms with Crippen LogP contribution in [-0.2, 0) is 43.5 Å². The number of aliphatic hydroxyl groups is 1. The van der Waals surface area contributed by atoms with Gasteiger partial charge in [0.2, 0.25) is 35.4 Å². The highest BCUT2D eigenvalue weighted by Gasteiger charge is 2.44. The number of benzene rings is 2. The Kier molecular flexibility index (Phi) is 22.2. The number of aromatic nitrogens is 4. The summed E-state index contributed by atoms with van der Waals surface area (Å²) in [5.74, 6) is -2.89. The number of aryl methyl sites for hydroxylation is 2. The molecule has 5 aromatic rings. The maximum absolute atomic E-state index is 15.4. The summed E-state index contributed by atoms with van der Waals surface area (Å²) < 4.78 is 64.5. The number of ether oxygens (including phenoxy) is 2. The Morgan fingerprint density at radius 3 is 2.18 bits per heavy atom. The van der Waals surface area contributed by atoms with E-state index in [0.29, 0.717) is 42.8 Å². The van der Waals surface area contributed by atoms with E-state index in [1.54, 1.807) is 29.4 Å². The molecule has 0 radical (unpaired) electrons. The lowest BCUT2D eigenvalue weighted by atomic mass is 9.85. The van der Waals surface area contributed by atoms with Crippen molar-refractivity contribution in [3.8, 4) is 33.3 Å². The topological polar surface area (TPSA) is 253 Å². The van der Waals surface area contributed by atoms with E-state index in [9.17, 15) is 47.0 Å². The van der Waals surface area contributed by atoms with Crippen LogP contribution in [-0.4, -0.2) is 133 Å². The van der Waals surface area contributed by atoms with Crippen molar-refractivity contribution in [3.63, 3.8) is 0 Å². The van der Waals surface area contributed by atoms with Crippen LogP contribution < -0.4 is 31.2 Å². The molecule has 5 heterocycles. The monoisotopic (exact) mass is 1170 g/mol. The molecule has 2 aliphatic rings. The number of piperidine rings is 1. The largest absolute Gasteiger partial charge is 0.573 e. The molecule has 2 fully saturated rings. The van der Waals surface area contributed by atoms with E-state index < -0.39 is 65.7 Å². The number of aliphatic hydroxyl groups excluding tert-OH is 1. The molecule has 2 aromatic carbocycles. The zero-order valence-electron chi connectivity index (χ0n) is 47.2. The first-order valence-corrected chi connectivity index (χ1v) is 29.0. The quantitative estimate of drug-likeness (QED) is 0.0250. The second kappa shape index (κ2) is 29.2. The fraction of sp³-hybridized carbons (Fsp3) is 0.508. The molecule has 0 unspecified atom stereocenters. The number of thiazole rings is 1. The lowest BCUT2D eigenvalue weighted by molar-refractivity contribution is -0.274. The van der Waals surface area contributed by atoms with E-state index in [1.165, 1.54) is 34.2 Å². The average molecular weight is 1180 g/mol. The number of unbranched alkanes of at least 4 members (excludes halogenated alkanes) is 6. The number of nitrogens with zero attached hydrogens (tertiary/aromatic N) is 6. The summed E-state index contributed by atoms with van der Waals surface area (Å²) in [4.78, 5) is 95.5. The highest BCUT2D eigenvalue weighted by atomic mass is 32.1. The highest BCUT2D eigenvalue weighted by Crippen LogP contribution is 2.31. The lowest BCUT2D eigenvalue weighted by Gasteiger charge is -2.35. The SMILES string of the molecule is Cc1ncsc1-c1ccc(CNC(=O)[C@@H]2C[C@@H](O)CN2C(=O)[C@@H](NC(=O)CCCCCCCCC(=O)NCCCCn2cnc(-c3cnc(O[C@@H]4CCN(C(=O)Cc5ccc(OC(F)(F)F)cc5)C[C@H]4F)c(C(N)=O)c3)c2)C(C)(C)C)cc1. The van der Waals surface area contributed by atoms with Gasteiger partial charge in [0.15, 0.2) is 6.17 Å². The van der Waals surface area contributed by atoms with Crippen LogP contribution in [0.25, 0.3) is 21.7 Å². The van der Waals surface area contributed by atoms with Gasteiger partial charge in [-0.05, 0) is 72.9 Å². The molecule has 448 valence electrons. The van der Waals surface area contributed by atoms with Crippen molar-refractivity contribution in [1.29, 1.82) is 0 Å². The van der Waals surface area contributed by atoms with Gasteiger partial charge in [-0.1, -0.05) is 82.9 Å². The second-order valence-corrected chi connectivity index (χ2v) is 23.1. The van der Waals surface area contributed by atoms with E-state index in [2.05, 4.69) is 35.6 Å². The van der Waals surface area contributed by atoms with Crippen LogP contribution in [0, 0.1) is 12.3 Å². The summed E-state index contributed by atoms with van der Waals surface area (Å²) >= 11 is 1.56. The van der Waals surface area contributed by atoms with Gasteiger partial charge in [0.25, 0.3) is 5.91 Å². The minimum absolute atomic E-state index is 0.00465. The number of hydrogen-bond acceptors (Lipinski definition) is 13. The molecule has 24 heteroatoms. The molecule has 2 aliphatic heterocycles. The van der Waals surface area contributed by atoms with Crippen LogP contribution in [0.4, 0.5) is 17.6 Å². The van der Waals surface area contributed by atoms with E-state index in [1.807, 2.05) is 56.5 Å². The van der Waals surface area contributed by atoms with Gasteiger partial charge in [-0.15, -0.1) is 24.5 Å². The van der Waals surface area contributed by atoms with Crippen molar-refractivity contribution in [2.75, 3.05) is 26.2 Å². The van der Waals surface area contributed by atoms with E-state index in [4.69, 9.17) is 10.5 Å². The van der Waals surface area contributed by atoms with Crippen LogP contribution in [0.1, 0.15) is 125 Å². The number of pyridine rings is 1. The molecule has 0 spiro atoms. The predicted octanol–water partition coefficient (Wildman–Crippen LogP) is 7.76. The average Bonchev–Trinajstić information content (AvgIpc) is 4.26. The van der Waals surface area contributed by atoms with Crippen molar-refractivity contribution >= 4 is 46.8 Å². The first kappa shape index (κ1) is 63.1. The molecule has 6 N–H and O–H groups in total. The number of amides is 6. The Labute approximate surface area is 484 Å². The maximum Gasteiger partial charge on any atom is 0.573 e. The number of likely N-dealkylation sites (tertiary alicyclic amines) is 2.